The minimum Gasteiger partial charge on any atom is -0.347 e. The van der Waals surface area contributed by atoms with Crippen LogP contribution < -0.4 is 10.6 Å². The average Bonchev–Trinajstić information content (AvgIpc) is 3.11. The number of benzene rings is 1. The SMILES string of the molecule is Cc1ccc(NC(=O)C(=O)NCC2(c3cccs3)CC2)cc1Cl. The molecule has 0 spiro atoms. The molecule has 1 aliphatic rings. The van der Waals surface area contributed by atoms with Crippen molar-refractivity contribution in [1.29, 1.82) is 0 Å². The van der Waals surface area contributed by atoms with Crippen molar-refractivity contribution in [1.82, 2.24) is 5.32 Å². The van der Waals surface area contributed by atoms with E-state index in [0.29, 0.717) is 17.3 Å². The van der Waals surface area contributed by atoms with E-state index in [9.17, 15) is 9.59 Å². The maximum Gasteiger partial charge on any atom is 0.313 e. The van der Waals surface area contributed by atoms with Crippen molar-refractivity contribution in [2.75, 3.05) is 11.9 Å². The van der Waals surface area contributed by atoms with Crippen LogP contribution in [0.15, 0.2) is 35.7 Å². The van der Waals surface area contributed by atoms with Crippen molar-refractivity contribution < 1.29 is 9.59 Å². The van der Waals surface area contributed by atoms with Gasteiger partial charge < -0.3 is 10.6 Å². The average molecular weight is 349 g/mol. The smallest absolute Gasteiger partial charge is 0.313 e. The van der Waals surface area contributed by atoms with Gasteiger partial charge in [0.25, 0.3) is 0 Å². The van der Waals surface area contributed by atoms with Crippen LogP contribution in [-0.4, -0.2) is 18.4 Å². The highest BCUT2D eigenvalue weighted by atomic mass is 35.5. The first-order chi connectivity index (χ1) is 11.0. The van der Waals surface area contributed by atoms with Crippen molar-refractivity contribution in [3.63, 3.8) is 0 Å². The number of carbonyl (C=O) groups is 2. The Morgan fingerprint density at radius 1 is 1.26 bits per heavy atom. The van der Waals surface area contributed by atoms with Crippen LogP contribution in [0.4, 0.5) is 5.69 Å². The second-order valence-corrected chi connectivity index (χ2v) is 7.21. The minimum absolute atomic E-state index is 0.0251. The fourth-order valence-electron chi connectivity index (χ4n) is 2.43. The molecule has 0 atom stereocenters. The summed E-state index contributed by atoms with van der Waals surface area (Å²) in [5.74, 6) is -1.29. The highest BCUT2D eigenvalue weighted by Crippen LogP contribution is 2.49. The number of aryl methyl sites for hydroxylation is 1. The van der Waals surface area contributed by atoms with Crippen LogP contribution in [0.3, 0.4) is 0 Å². The highest BCUT2D eigenvalue weighted by molar-refractivity contribution is 7.10. The summed E-state index contributed by atoms with van der Waals surface area (Å²) in [6, 6.07) is 9.25. The number of halogens is 1. The molecule has 0 aliphatic heterocycles. The van der Waals surface area contributed by atoms with E-state index in [1.54, 1.807) is 29.5 Å². The lowest BCUT2D eigenvalue weighted by molar-refractivity contribution is -0.136. The van der Waals surface area contributed by atoms with Gasteiger partial charge in [-0.25, -0.2) is 0 Å². The summed E-state index contributed by atoms with van der Waals surface area (Å²) in [4.78, 5) is 25.2. The first-order valence-electron chi connectivity index (χ1n) is 7.39. The van der Waals surface area contributed by atoms with Gasteiger partial charge in [-0.15, -0.1) is 11.3 Å². The molecule has 2 amide bonds. The first-order valence-corrected chi connectivity index (χ1v) is 8.65. The predicted molar refractivity (Wildman–Crippen MR) is 93.1 cm³/mol. The Balaban J connectivity index is 1.56. The zero-order chi connectivity index (χ0) is 16.4. The van der Waals surface area contributed by atoms with E-state index in [1.165, 1.54) is 4.88 Å². The number of carbonyl (C=O) groups excluding carboxylic acids is 2. The van der Waals surface area contributed by atoms with Crippen LogP contribution >= 0.6 is 22.9 Å². The molecular formula is C17H17ClN2O2S. The fraction of sp³-hybridized carbons (Fsp3) is 0.294. The van der Waals surface area contributed by atoms with Gasteiger partial charge in [-0.05, 0) is 48.9 Å². The van der Waals surface area contributed by atoms with Gasteiger partial charge in [0.1, 0.15) is 0 Å². The van der Waals surface area contributed by atoms with E-state index in [2.05, 4.69) is 16.7 Å². The molecule has 4 nitrogen and oxygen atoms in total. The molecule has 1 aromatic carbocycles. The number of nitrogens with one attached hydrogen (secondary N) is 2. The molecule has 0 radical (unpaired) electrons. The Bertz CT molecular complexity index is 739. The number of hydrogen-bond donors (Lipinski definition) is 2. The van der Waals surface area contributed by atoms with E-state index < -0.39 is 11.8 Å². The Kier molecular flexibility index (Phi) is 4.41. The Morgan fingerprint density at radius 2 is 2.04 bits per heavy atom. The Morgan fingerprint density at radius 3 is 2.65 bits per heavy atom. The van der Waals surface area contributed by atoms with Crippen LogP contribution in [0, 0.1) is 6.92 Å². The third-order valence-corrected chi connectivity index (χ3v) is 5.64. The predicted octanol–water partition coefficient (Wildman–Crippen LogP) is 3.50. The summed E-state index contributed by atoms with van der Waals surface area (Å²) in [5, 5.41) is 7.90. The molecule has 23 heavy (non-hydrogen) atoms. The summed E-state index contributed by atoms with van der Waals surface area (Å²) in [7, 11) is 0. The first kappa shape index (κ1) is 16.0. The number of rotatable bonds is 4. The maximum atomic E-state index is 12.0. The van der Waals surface area contributed by atoms with Gasteiger partial charge in [0.2, 0.25) is 0 Å². The monoisotopic (exact) mass is 348 g/mol. The van der Waals surface area contributed by atoms with Crippen LogP contribution in [0.5, 0.6) is 0 Å². The lowest BCUT2D eigenvalue weighted by atomic mass is 10.1. The van der Waals surface area contributed by atoms with Gasteiger partial charge in [0.05, 0.1) is 0 Å². The lowest BCUT2D eigenvalue weighted by Crippen LogP contribution is -2.39. The van der Waals surface area contributed by atoms with Crippen LogP contribution in [0.25, 0.3) is 0 Å². The molecule has 6 heteroatoms. The summed E-state index contributed by atoms with van der Waals surface area (Å²) >= 11 is 7.70. The number of hydrogen-bond acceptors (Lipinski definition) is 3. The molecule has 0 unspecified atom stereocenters. The summed E-state index contributed by atoms with van der Waals surface area (Å²) < 4.78 is 0. The van der Waals surface area contributed by atoms with E-state index in [4.69, 9.17) is 11.6 Å². The normalized spacial score (nSPS) is 15.0. The molecular weight excluding hydrogens is 332 g/mol. The van der Waals surface area contributed by atoms with Gasteiger partial charge in [-0.1, -0.05) is 23.7 Å². The quantitative estimate of drug-likeness (QED) is 0.831. The van der Waals surface area contributed by atoms with Gasteiger partial charge in [-0.3, -0.25) is 9.59 Å². The maximum absolute atomic E-state index is 12.0. The van der Waals surface area contributed by atoms with Crippen molar-refractivity contribution in [3.05, 3.63) is 51.2 Å². The van der Waals surface area contributed by atoms with E-state index >= 15 is 0 Å². The largest absolute Gasteiger partial charge is 0.347 e. The molecule has 2 N–H and O–H groups in total. The van der Waals surface area contributed by atoms with Gasteiger partial charge in [0, 0.05) is 27.5 Å². The highest BCUT2D eigenvalue weighted by Gasteiger charge is 2.45. The number of anilines is 1. The minimum atomic E-state index is -0.674. The lowest BCUT2D eigenvalue weighted by Gasteiger charge is -2.14. The summed E-state index contributed by atoms with van der Waals surface area (Å²) in [5.41, 5.74) is 1.46. The second-order valence-electron chi connectivity index (χ2n) is 5.86. The summed E-state index contributed by atoms with van der Waals surface area (Å²) in [6.07, 6.45) is 2.09. The molecule has 0 saturated heterocycles. The molecule has 1 aliphatic carbocycles. The molecule has 3 rings (SSSR count). The number of amides is 2. The van der Waals surface area contributed by atoms with Gasteiger partial charge in [0.15, 0.2) is 0 Å². The topological polar surface area (TPSA) is 58.2 Å². The zero-order valence-corrected chi connectivity index (χ0v) is 14.3. The molecule has 120 valence electrons. The van der Waals surface area contributed by atoms with Gasteiger partial charge >= 0.3 is 11.8 Å². The van der Waals surface area contributed by atoms with Crippen molar-refractivity contribution in [3.8, 4) is 0 Å². The standard InChI is InChI=1S/C17H17ClN2O2S/c1-11-4-5-12(9-13(11)18)20-16(22)15(21)19-10-17(6-7-17)14-3-2-8-23-14/h2-5,8-9H,6-7,10H2,1H3,(H,19,21)(H,20,22). The molecule has 2 aromatic rings. The van der Waals surface area contributed by atoms with Gasteiger partial charge in [-0.2, -0.15) is 0 Å². The molecule has 1 fully saturated rings. The Hall–Kier alpha value is -1.85. The second kappa shape index (κ2) is 6.34. The van der Waals surface area contributed by atoms with Crippen LogP contribution in [0.1, 0.15) is 23.3 Å². The Labute approximate surface area is 143 Å². The third-order valence-electron chi connectivity index (χ3n) is 4.12. The van der Waals surface area contributed by atoms with Crippen molar-refractivity contribution >= 4 is 40.4 Å². The van der Waals surface area contributed by atoms with Crippen LogP contribution in [0.2, 0.25) is 5.02 Å². The molecule has 1 saturated carbocycles. The van der Waals surface area contributed by atoms with Crippen molar-refractivity contribution in [2.45, 2.75) is 25.2 Å². The third kappa shape index (κ3) is 3.57. The number of thiophene rings is 1. The van der Waals surface area contributed by atoms with Crippen molar-refractivity contribution in [2.24, 2.45) is 0 Å². The molecule has 1 aromatic heterocycles. The fourth-order valence-corrected chi connectivity index (χ4v) is 3.60. The van der Waals surface area contributed by atoms with E-state index in [0.717, 1.165) is 18.4 Å². The molecule has 1 heterocycles. The summed E-state index contributed by atoms with van der Waals surface area (Å²) in [6.45, 7) is 2.37. The zero-order valence-electron chi connectivity index (χ0n) is 12.7. The van der Waals surface area contributed by atoms with E-state index in [-0.39, 0.29) is 5.41 Å². The van der Waals surface area contributed by atoms with Crippen LogP contribution in [-0.2, 0) is 15.0 Å². The van der Waals surface area contributed by atoms with E-state index in [1.807, 2.05) is 18.4 Å². The molecule has 0 bridgehead atoms.